The van der Waals surface area contributed by atoms with Crippen LogP contribution in [0.2, 0.25) is 0 Å². The zero-order valence-corrected chi connectivity index (χ0v) is 16.0. The first-order valence-corrected chi connectivity index (χ1v) is 9.31. The number of imidazole rings is 1. The fourth-order valence-electron chi connectivity index (χ4n) is 2.52. The highest BCUT2D eigenvalue weighted by Crippen LogP contribution is 2.33. The maximum atomic E-state index is 13.1. The van der Waals surface area contributed by atoms with Crippen molar-refractivity contribution < 1.29 is 18.3 Å². The van der Waals surface area contributed by atoms with Gasteiger partial charge < -0.3 is 4.74 Å². The number of hydrogen-bond acceptors (Lipinski definition) is 5. The van der Waals surface area contributed by atoms with Crippen LogP contribution in [0, 0.1) is 6.92 Å². The van der Waals surface area contributed by atoms with Gasteiger partial charge in [-0.3, -0.25) is 14.7 Å². The summed E-state index contributed by atoms with van der Waals surface area (Å²) in [5.74, 6) is 0.413. The molecule has 2 aromatic heterocycles. The van der Waals surface area contributed by atoms with Crippen molar-refractivity contribution in [1.82, 2.24) is 14.5 Å². The second-order valence-corrected chi connectivity index (χ2v) is 6.66. The van der Waals surface area contributed by atoms with Crippen molar-refractivity contribution >= 4 is 28.5 Å². The second-order valence-electron chi connectivity index (χ2n) is 5.66. The number of thiazole rings is 1. The maximum Gasteiger partial charge on any atom is 0.320 e. The Balaban J connectivity index is 1.74. The summed E-state index contributed by atoms with van der Waals surface area (Å²) in [5, 5.41) is 2.96. The molecule has 28 heavy (non-hydrogen) atoms. The third-order valence-electron chi connectivity index (χ3n) is 3.74. The van der Waals surface area contributed by atoms with E-state index < -0.39 is 6.55 Å². The summed E-state index contributed by atoms with van der Waals surface area (Å²) in [6.07, 6.45) is 5.52. The lowest BCUT2D eigenvalue weighted by Crippen LogP contribution is -2.07. The zero-order chi connectivity index (χ0) is 20.1. The molecule has 0 unspecified atom stereocenters. The van der Waals surface area contributed by atoms with E-state index in [1.165, 1.54) is 18.5 Å². The number of nitrogens with one attached hydrogen (secondary N) is 1. The molecule has 0 saturated carbocycles. The Morgan fingerprint density at radius 1 is 1.39 bits per heavy atom. The van der Waals surface area contributed by atoms with Crippen LogP contribution in [0.5, 0.6) is 5.75 Å². The van der Waals surface area contributed by atoms with E-state index in [1.807, 2.05) is 31.2 Å². The van der Waals surface area contributed by atoms with Crippen LogP contribution >= 0.6 is 11.3 Å². The molecule has 6 nitrogen and oxygen atoms in total. The van der Waals surface area contributed by atoms with Gasteiger partial charge in [0.1, 0.15) is 5.75 Å². The molecule has 0 radical (unpaired) electrons. The molecule has 1 aromatic carbocycles. The monoisotopic (exact) mass is 404 g/mol. The Kier molecular flexibility index (Phi) is 6.15. The third kappa shape index (κ3) is 4.42. The molecule has 0 saturated heterocycles. The van der Waals surface area contributed by atoms with E-state index in [9.17, 15) is 13.6 Å². The van der Waals surface area contributed by atoms with Crippen molar-refractivity contribution in [1.29, 1.82) is 0 Å². The Bertz CT molecular complexity index is 997. The SMILES string of the molecule is CCOc1ccccc1/C=C/C(=O)Nc1nc(C)c(-c2nccn2C(F)F)s1. The molecule has 0 aliphatic rings. The molecule has 0 fully saturated rings. The maximum absolute atomic E-state index is 13.1. The number of aryl methyl sites for hydroxylation is 1. The quantitative estimate of drug-likeness (QED) is 0.577. The topological polar surface area (TPSA) is 69.0 Å². The summed E-state index contributed by atoms with van der Waals surface area (Å²) in [7, 11) is 0. The first-order valence-electron chi connectivity index (χ1n) is 8.49. The second kappa shape index (κ2) is 8.75. The van der Waals surface area contributed by atoms with Gasteiger partial charge in [0.15, 0.2) is 11.0 Å². The number of rotatable bonds is 7. The van der Waals surface area contributed by atoms with Gasteiger partial charge in [0.25, 0.3) is 0 Å². The van der Waals surface area contributed by atoms with Crippen molar-refractivity contribution in [3.8, 4) is 16.5 Å². The molecule has 3 rings (SSSR count). The van der Waals surface area contributed by atoms with Crippen LogP contribution in [-0.2, 0) is 4.79 Å². The summed E-state index contributed by atoms with van der Waals surface area (Å²) < 4.78 is 32.4. The zero-order valence-electron chi connectivity index (χ0n) is 15.2. The fraction of sp³-hybridized carbons (Fsp3) is 0.211. The van der Waals surface area contributed by atoms with E-state index in [0.717, 1.165) is 21.5 Å². The number of amides is 1. The molecule has 1 N–H and O–H groups in total. The minimum Gasteiger partial charge on any atom is -0.493 e. The first kappa shape index (κ1) is 19.7. The standard InChI is InChI=1S/C19H18F2N4O2S/c1-3-27-14-7-5-4-6-13(14)8-9-15(26)24-19-23-12(2)16(28-19)17-22-10-11-25(17)18(20)21/h4-11,18H,3H2,1-2H3,(H,23,24,26)/b9-8+. The van der Waals surface area contributed by atoms with E-state index in [0.29, 0.717) is 28.1 Å². The van der Waals surface area contributed by atoms with Gasteiger partial charge >= 0.3 is 6.55 Å². The van der Waals surface area contributed by atoms with Crippen molar-refractivity contribution in [3.05, 3.63) is 54.0 Å². The molecule has 3 aromatic rings. The number of carbonyl (C=O) groups is 1. The van der Waals surface area contributed by atoms with Crippen LogP contribution in [-0.4, -0.2) is 27.0 Å². The molecule has 146 valence electrons. The Hall–Kier alpha value is -3.07. The number of anilines is 1. The fourth-order valence-corrected chi connectivity index (χ4v) is 3.49. The Morgan fingerprint density at radius 2 is 2.18 bits per heavy atom. The van der Waals surface area contributed by atoms with Crippen LogP contribution in [0.25, 0.3) is 16.8 Å². The van der Waals surface area contributed by atoms with Gasteiger partial charge in [0.2, 0.25) is 5.91 Å². The summed E-state index contributed by atoms with van der Waals surface area (Å²) in [5.41, 5.74) is 1.29. The smallest absolute Gasteiger partial charge is 0.320 e. The van der Waals surface area contributed by atoms with E-state index in [1.54, 1.807) is 13.0 Å². The third-order valence-corrected chi connectivity index (χ3v) is 4.81. The molecule has 9 heteroatoms. The van der Waals surface area contributed by atoms with Gasteiger partial charge in [-0.2, -0.15) is 8.78 Å². The lowest BCUT2D eigenvalue weighted by atomic mass is 10.2. The van der Waals surface area contributed by atoms with Gasteiger partial charge in [0, 0.05) is 24.0 Å². The highest BCUT2D eigenvalue weighted by molar-refractivity contribution is 7.19. The number of aromatic nitrogens is 3. The van der Waals surface area contributed by atoms with Gasteiger partial charge in [-0.1, -0.05) is 29.5 Å². The van der Waals surface area contributed by atoms with Gasteiger partial charge in [-0.15, -0.1) is 0 Å². The molecule has 2 heterocycles. The van der Waals surface area contributed by atoms with Crippen molar-refractivity contribution in [3.63, 3.8) is 0 Å². The number of para-hydroxylation sites is 1. The first-order chi connectivity index (χ1) is 13.5. The van der Waals surface area contributed by atoms with Crippen LogP contribution in [0.3, 0.4) is 0 Å². The summed E-state index contributed by atoms with van der Waals surface area (Å²) in [4.78, 5) is 20.9. The van der Waals surface area contributed by atoms with Gasteiger partial charge in [-0.25, -0.2) is 9.97 Å². The minimum atomic E-state index is -2.70. The number of carbonyl (C=O) groups excluding carboxylic acids is 1. The largest absolute Gasteiger partial charge is 0.493 e. The number of alkyl halides is 2. The number of halogens is 2. The van der Waals surface area contributed by atoms with E-state index in [-0.39, 0.29) is 11.7 Å². The van der Waals surface area contributed by atoms with Crippen LogP contribution < -0.4 is 10.1 Å². The van der Waals surface area contributed by atoms with Crippen molar-refractivity contribution in [2.45, 2.75) is 20.4 Å². The molecule has 0 atom stereocenters. The normalized spacial score (nSPS) is 11.3. The molecule has 0 bridgehead atoms. The number of nitrogens with zero attached hydrogens (tertiary/aromatic N) is 3. The molecular weight excluding hydrogens is 386 g/mol. The molecule has 0 spiro atoms. The van der Waals surface area contributed by atoms with E-state index in [4.69, 9.17) is 4.74 Å². The molecule has 0 aliphatic heterocycles. The molecule has 1 amide bonds. The van der Waals surface area contributed by atoms with E-state index >= 15 is 0 Å². The highest BCUT2D eigenvalue weighted by Gasteiger charge is 2.19. The van der Waals surface area contributed by atoms with Gasteiger partial charge in [-0.05, 0) is 26.0 Å². The lowest BCUT2D eigenvalue weighted by Gasteiger charge is -2.06. The Morgan fingerprint density at radius 3 is 2.93 bits per heavy atom. The highest BCUT2D eigenvalue weighted by atomic mass is 32.1. The summed E-state index contributed by atoms with van der Waals surface area (Å²) in [6, 6.07) is 7.36. The predicted molar refractivity (Wildman–Crippen MR) is 105 cm³/mol. The average Bonchev–Trinajstić information content (AvgIpc) is 3.27. The van der Waals surface area contributed by atoms with Crippen molar-refractivity contribution in [2.75, 3.05) is 11.9 Å². The summed E-state index contributed by atoms with van der Waals surface area (Å²) in [6.45, 7) is 1.38. The Labute approximate surface area is 164 Å². The predicted octanol–water partition coefficient (Wildman–Crippen LogP) is 4.76. The molecular formula is C19H18F2N4O2S. The van der Waals surface area contributed by atoms with Crippen LogP contribution in [0.1, 0.15) is 24.7 Å². The van der Waals surface area contributed by atoms with Crippen LogP contribution in [0.15, 0.2) is 42.7 Å². The summed E-state index contributed by atoms with van der Waals surface area (Å²) >= 11 is 1.09. The van der Waals surface area contributed by atoms with Crippen LogP contribution in [0.4, 0.5) is 13.9 Å². The minimum absolute atomic E-state index is 0.117. The number of ether oxygens (including phenoxy) is 1. The average molecular weight is 404 g/mol. The molecule has 0 aliphatic carbocycles. The number of hydrogen-bond donors (Lipinski definition) is 1. The lowest BCUT2D eigenvalue weighted by molar-refractivity contribution is -0.111. The van der Waals surface area contributed by atoms with Gasteiger partial charge in [0.05, 0.1) is 17.2 Å². The van der Waals surface area contributed by atoms with Crippen molar-refractivity contribution in [2.24, 2.45) is 0 Å². The number of benzene rings is 1. The van der Waals surface area contributed by atoms with E-state index in [2.05, 4.69) is 15.3 Å².